The molecule has 0 saturated carbocycles. The van der Waals surface area contributed by atoms with Gasteiger partial charge in [-0.1, -0.05) is 103 Å². The Morgan fingerprint density at radius 3 is 1.69 bits per heavy atom. The molecule has 3 N–H and O–H groups in total. The fraction of sp³-hybridized carbons (Fsp3) is 0.143. The van der Waals surface area contributed by atoms with Gasteiger partial charge in [0, 0.05) is 0 Å². The Hall–Kier alpha value is -4.43. The number of rotatable bonds is 12. The molecule has 0 aliphatic rings. The van der Waals surface area contributed by atoms with Gasteiger partial charge in [-0.25, -0.2) is 13.1 Å². The summed E-state index contributed by atoms with van der Waals surface area (Å²) in [5, 5.41) is 0. The highest BCUT2D eigenvalue weighted by molar-refractivity contribution is 7.89. The van der Waals surface area contributed by atoms with E-state index in [1.54, 1.807) is 24.3 Å². The number of hydrogen-bond donors (Lipinski definition) is 2. The monoisotopic (exact) mass is 578 g/mol. The minimum atomic E-state index is -3.90. The second kappa shape index (κ2) is 13.5. The van der Waals surface area contributed by atoms with Crippen LogP contribution in [0.5, 0.6) is 11.5 Å². The highest BCUT2D eigenvalue weighted by atomic mass is 32.2. The van der Waals surface area contributed by atoms with Crippen LogP contribution in [0, 0.1) is 6.92 Å². The van der Waals surface area contributed by atoms with E-state index in [0.717, 1.165) is 22.3 Å². The summed E-state index contributed by atoms with van der Waals surface area (Å²) in [5.74, 6) is 1.26. The molecule has 5 aromatic rings. The Balaban J connectivity index is 1.43. The molecule has 6 nitrogen and oxygen atoms in total. The summed E-state index contributed by atoms with van der Waals surface area (Å²) in [5.41, 5.74) is 11.3. The highest BCUT2D eigenvalue weighted by Gasteiger charge is 2.28. The third-order valence-electron chi connectivity index (χ3n) is 6.93. The first kappa shape index (κ1) is 29.1. The number of nitrogens with two attached hydrogens (primary N) is 1. The van der Waals surface area contributed by atoms with Crippen molar-refractivity contribution in [2.24, 2.45) is 5.73 Å². The summed E-state index contributed by atoms with van der Waals surface area (Å²) in [6, 6.07) is 39.8. The molecule has 0 aliphatic carbocycles. The van der Waals surface area contributed by atoms with E-state index in [0.29, 0.717) is 30.3 Å². The Labute approximate surface area is 247 Å². The van der Waals surface area contributed by atoms with Gasteiger partial charge in [0.15, 0.2) is 0 Å². The molecule has 0 bridgehead atoms. The van der Waals surface area contributed by atoms with Gasteiger partial charge in [0.1, 0.15) is 24.7 Å². The van der Waals surface area contributed by atoms with Crippen molar-refractivity contribution in [2.45, 2.75) is 37.1 Å². The van der Waals surface area contributed by atoms with Gasteiger partial charge in [0.2, 0.25) is 10.0 Å². The van der Waals surface area contributed by atoms with Gasteiger partial charge in [-0.05, 0) is 65.6 Å². The molecule has 1 unspecified atom stereocenters. The Morgan fingerprint density at radius 2 is 1.14 bits per heavy atom. The molecular weight excluding hydrogens is 544 g/mol. The topological polar surface area (TPSA) is 90.7 Å². The fourth-order valence-electron chi connectivity index (χ4n) is 4.59. The van der Waals surface area contributed by atoms with E-state index in [1.165, 1.54) is 0 Å². The quantitative estimate of drug-likeness (QED) is 0.169. The number of benzene rings is 5. The standard InChI is InChI=1S/C35H34N2O4S/c1-26-18-20-33(21-19-26)42(38,39)37-35(30-15-9-17-32(23-30)41-25-28-12-6-3-7-13-28)34(36)29-14-8-16-31(22-29)40-24-27-10-4-2-5-11-27/h2-23,34-35,37H,24-25,36H2,1H3/t34?,35-/m1/s1. The van der Waals surface area contributed by atoms with Crippen LogP contribution in [-0.2, 0) is 23.2 Å². The summed E-state index contributed by atoms with van der Waals surface area (Å²) in [6.07, 6.45) is 0. The zero-order valence-electron chi connectivity index (χ0n) is 23.4. The first-order chi connectivity index (χ1) is 20.4. The van der Waals surface area contributed by atoms with Crippen LogP contribution in [0.4, 0.5) is 0 Å². The van der Waals surface area contributed by atoms with Crippen LogP contribution >= 0.6 is 0 Å². The summed E-state index contributed by atoms with van der Waals surface area (Å²) in [4.78, 5) is 0.168. The van der Waals surface area contributed by atoms with Gasteiger partial charge in [-0.3, -0.25) is 0 Å². The zero-order valence-corrected chi connectivity index (χ0v) is 24.2. The van der Waals surface area contributed by atoms with Crippen molar-refractivity contribution in [2.75, 3.05) is 0 Å². The molecule has 0 radical (unpaired) electrons. The van der Waals surface area contributed by atoms with E-state index in [-0.39, 0.29) is 4.90 Å². The van der Waals surface area contributed by atoms with E-state index in [4.69, 9.17) is 15.2 Å². The smallest absolute Gasteiger partial charge is 0.241 e. The predicted octanol–water partition coefficient (Wildman–Crippen LogP) is 6.87. The lowest BCUT2D eigenvalue weighted by Crippen LogP contribution is -2.36. The van der Waals surface area contributed by atoms with Gasteiger partial charge in [0.05, 0.1) is 17.0 Å². The fourth-order valence-corrected chi connectivity index (χ4v) is 5.83. The lowest BCUT2D eigenvalue weighted by Gasteiger charge is -2.26. The molecule has 0 saturated heterocycles. The van der Waals surface area contributed by atoms with Gasteiger partial charge in [-0.15, -0.1) is 0 Å². The van der Waals surface area contributed by atoms with Crippen LogP contribution in [0.15, 0.2) is 138 Å². The maximum Gasteiger partial charge on any atom is 0.241 e. The second-order valence-corrected chi connectivity index (χ2v) is 11.8. The van der Waals surface area contributed by atoms with Gasteiger partial charge < -0.3 is 15.2 Å². The zero-order chi connectivity index (χ0) is 29.4. The third kappa shape index (κ3) is 7.64. The lowest BCUT2D eigenvalue weighted by atomic mass is 9.94. The second-order valence-electron chi connectivity index (χ2n) is 10.1. The molecule has 5 aromatic carbocycles. The van der Waals surface area contributed by atoms with E-state index in [1.807, 2.05) is 116 Å². The third-order valence-corrected chi connectivity index (χ3v) is 8.39. The van der Waals surface area contributed by atoms with Crippen LogP contribution in [-0.4, -0.2) is 8.42 Å². The highest BCUT2D eigenvalue weighted by Crippen LogP contribution is 2.32. The molecule has 0 amide bonds. The summed E-state index contributed by atoms with van der Waals surface area (Å²) < 4.78 is 42.1. The first-order valence-electron chi connectivity index (χ1n) is 13.8. The van der Waals surface area contributed by atoms with Gasteiger partial charge in [0.25, 0.3) is 0 Å². The number of ether oxygens (including phenoxy) is 2. The maximum absolute atomic E-state index is 13.6. The Morgan fingerprint density at radius 1 is 0.643 bits per heavy atom. The minimum Gasteiger partial charge on any atom is -0.489 e. The Bertz CT molecular complexity index is 1690. The predicted molar refractivity (Wildman–Crippen MR) is 166 cm³/mol. The van der Waals surface area contributed by atoms with Crippen LogP contribution in [0.3, 0.4) is 0 Å². The number of sulfonamides is 1. The van der Waals surface area contributed by atoms with Gasteiger partial charge >= 0.3 is 0 Å². The SMILES string of the molecule is Cc1ccc(S(=O)(=O)N[C@H](c2cccc(OCc3ccccc3)c2)C(N)c2cccc(OCc3ccccc3)c2)cc1. The average molecular weight is 579 g/mol. The molecule has 0 heterocycles. The first-order valence-corrected chi connectivity index (χ1v) is 15.2. The molecule has 7 heteroatoms. The minimum absolute atomic E-state index is 0.168. The molecule has 2 atom stereocenters. The number of aryl methyl sites for hydroxylation is 1. The molecule has 5 rings (SSSR count). The van der Waals surface area contributed by atoms with Gasteiger partial charge in [-0.2, -0.15) is 0 Å². The molecule has 0 spiro atoms. The molecular formula is C35H34N2O4S. The molecule has 0 aromatic heterocycles. The van der Waals surface area contributed by atoms with Crippen LogP contribution in [0.25, 0.3) is 0 Å². The van der Waals surface area contributed by atoms with E-state index < -0.39 is 22.1 Å². The van der Waals surface area contributed by atoms with Crippen molar-refractivity contribution in [3.05, 3.63) is 161 Å². The molecule has 214 valence electrons. The number of nitrogens with one attached hydrogen (secondary N) is 1. The average Bonchev–Trinajstić information content (AvgIpc) is 3.03. The van der Waals surface area contributed by atoms with E-state index >= 15 is 0 Å². The van der Waals surface area contributed by atoms with E-state index in [9.17, 15) is 8.42 Å². The van der Waals surface area contributed by atoms with Crippen LogP contribution in [0.2, 0.25) is 0 Å². The number of hydrogen-bond acceptors (Lipinski definition) is 5. The van der Waals surface area contributed by atoms with Crippen LogP contribution in [0.1, 0.15) is 39.9 Å². The van der Waals surface area contributed by atoms with E-state index in [2.05, 4.69) is 4.72 Å². The summed E-state index contributed by atoms with van der Waals surface area (Å²) in [7, 11) is -3.90. The van der Waals surface area contributed by atoms with Crippen LogP contribution < -0.4 is 19.9 Å². The largest absolute Gasteiger partial charge is 0.489 e. The lowest BCUT2D eigenvalue weighted by molar-refractivity contribution is 0.304. The van der Waals surface area contributed by atoms with Crippen molar-refractivity contribution in [3.63, 3.8) is 0 Å². The normalized spacial score (nSPS) is 12.8. The molecule has 0 aliphatic heterocycles. The molecule has 42 heavy (non-hydrogen) atoms. The van der Waals surface area contributed by atoms with Crippen molar-refractivity contribution in [1.29, 1.82) is 0 Å². The molecule has 0 fully saturated rings. The van der Waals surface area contributed by atoms with Crippen molar-refractivity contribution < 1.29 is 17.9 Å². The Kier molecular flexibility index (Phi) is 9.34. The summed E-state index contributed by atoms with van der Waals surface area (Å²) in [6.45, 7) is 2.71. The van der Waals surface area contributed by atoms with Crippen molar-refractivity contribution in [1.82, 2.24) is 4.72 Å². The van der Waals surface area contributed by atoms with Crippen molar-refractivity contribution in [3.8, 4) is 11.5 Å². The maximum atomic E-state index is 13.6. The van der Waals surface area contributed by atoms with Crippen molar-refractivity contribution >= 4 is 10.0 Å². The summed E-state index contributed by atoms with van der Waals surface area (Å²) >= 11 is 0.